The number of aliphatic carboxylic acids is 1. The summed E-state index contributed by atoms with van der Waals surface area (Å²) in [4.78, 5) is 57.2. The number of nitrogens with one attached hydrogen (secondary N) is 4. The van der Waals surface area contributed by atoms with E-state index in [-0.39, 0.29) is 24.5 Å². The molecular weight excluding hydrogens is 484 g/mol. The number of nitrogens with two attached hydrogens (primary N) is 1. The summed E-state index contributed by atoms with van der Waals surface area (Å²) >= 11 is 0. The molecule has 13 nitrogen and oxygen atoms in total. The number of rotatable bonds is 13. The van der Waals surface area contributed by atoms with Crippen molar-refractivity contribution in [3.63, 3.8) is 0 Å². The van der Waals surface area contributed by atoms with E-state index in [1.807, 2.05) is 0 Å². The number of benzene rings is 1. The minimum absolute atomic E-state index is 0.0203. The Kier molecular flexibility index (Phi) is 10.6. The van der Waals surface area contributed by atoms with Crippen LogP contribution in [0.5, 0.6) is 5.75 Å². The van der Waals surface area contributed by atoms with Gasteiger partial charge in [0.25, 0.3) is 0 Å². The Bertz CT molecular complexity index is 1060. The number of aromatic amines is 1. The maximum atomic E-state index is 13.4. The Morgan fingerprint density at radius 2 is 1.51 bits per heavy atom. The lowest BCUT2D eigenvalue weighted by molar-refractivity contribution is -0.145. The van der Waals surface area contributed by atoms with Gasteiger partial charge in [-0.05, 0) is 30.5 Å². The van der Waals surface area contributed by atoms with Crippen molar-refractivity contribution in [1.82, 2.24) is 25.9 Å². The average Bonchev–Trinajstić information content (AvgIpc) is 3.34. The fourth-order valence-corrected chi connectivity index (χ4v) is 3.39. The van der Waals surface area contributed by atoms with Crippen molar-refractivity contribution >= 4 is 23.7 Å². The smallest absolute Gasteiger partial charge is 0.328 e. The molecule has 9 N–H and O–H groups in total. The Morgan fingerprint density at radius 1 is 0.946 bits per heavy atom. The molecule has 2 rings (SSSR count). The second kappa shape index (κ2) is 13.4. The monoisotopic (exact) mass is 518 g/mol. The number of aliphatic hydroxyl groups excluding tert-OH is 1. The standard InChI is InChI=1S/C24H34N6O7/c1-12(2)19(25)23(35)29-17(8-14-4-6-16(32)7-5-14)21(33)28-18(9-15-10-26-11-27-15)22(34)30-20(13(3)31)24(36)37/h4-7,10-13,17-20,31-32H,8-9,25H2,1-3H3,(H,26,27)(H,28,33)(H,29,35)(H,30,34)(H,36,37). The van der Waals surface area contributed by atoms with E-state index >= 15 is 0 Å². The predicted molar refractivity (Wildman–Crippen MR) is 132 cm³/mol. The molecule has 1 heterocycles. The first-order chi connectivity index (χ1) is 17.4. The number of aliphatic hydroxyl groups is 1. The molecule has 0 fully saturated rings. The minimum atomic E-state index is -1.61. The number of carboxylic acids is 1. The fraction of sp³-hybridized carbons (Fsp3) is 0.458. The number of amides is 3. The summed E-state index contributed by atoms with van der Waals surface area (Å²) in [5, 5.41) is 36.0. The van der Waals surface area contributed by atoms with Crippen LogP contribution in [0.4, 0.5) is 0 Å². The molecule has 13 heteroatoms. The van der Waals surface area contributed by atoms with Gasteiger partial charge in [-0.2, -0.15) is 0 Å². The molecule has 2 aromatic rings. The third kappa shape index (κ3) is 8.88. The van der Waals surface area contributed by atoms with Crippen molar-refractivity contribution in [2.24, 2.45) is 11.7 Å². The van der Waals surface area contributed by atoms with E-state index in [9.17, 15) is 34.5 Å². The number of imidazole rings is 1. The van der Waals surface area contributed by atoms with Crippen LogP contribution in [0.1, 0.15) is 32.0 Å². The topological polar surface area (TPSA) is 220 Å². The zero-order chi connectivity index (χ0) is 27.7. The number of aromatic hydroxyl groups is 1. The first-order valence-corrected chi connectivity index (χ1v) is 11.7. The van der Waals surface area contributed by atoms with E-state index in [1.54, 1.807) is 26.0 Å². The van der Waals surface area contributed by atoms with Gasteiger partial charge in [-0.1, -0.05) is 26.0 Å². The highest BCUT2D eigenvalue weighted by molar-refractivity contribution is 5.94. The van der Waals surface area contributed by atoms with Gasteiger partial charge in [0.1, 0.15) is 17.8 Å². The van der Waals surface area contributed by atoms with E-state index in [2.05, 4.69) is 25.9 Å². The number of nitrogens with zero attached hydrogens (tertiary/aromatic N) is 1. The van der Waals surface area contributed by atoms with Gasteiger partial charge in [0.15, 0.2) is 6.04 Å². The molecule has 0 aliphatic heterocycles. The van der Waals surface area contributed by atoms with Gasteiger partial charge in [-0.3, -0.25) is 14.4 Å². The predicted octanol–water partition coefficient (Wildman–Crippen LogP) is -1.20. The number of H-pyrrole nitrogens is 1. The molecule has 1 aromatic heterocycles. The van der Waals surface area contributed by atoms with Crippen molar-refractivity contribution < 1.29 is 34.5 Å². The van der Waals surface area contributed by atoms with Gasteiger partial charge in [0, 0.05) is 24.7 Å². The summed E-state index contributed by atoms with van der Waals surface area (Å²) in [5.41, 5.74) is 7.04. The number of carbonyl (C=O) groups excluding carboxylic acids is 3. The number of aromatic nitrogens is 2. The SMILES string of the molecule is CC(C)C(N)C(=O)NC(Cc1ccc(O)cc1)C(=O)NC(Cc1cnc[nH]1)C(=O)NC(C(=O)O)C(C)O. The van der Waals surface area contributed by atoms with Crippen molar-refractivity contribution in [3.05, 3.63) is 48.0 Å². The van der Waals surface area contributed by atoms with E-state index in [4.69, 9.17) is 5.73 Å². The summed E-state index contributed by atoms with van der Waals surface area (Å²) in [6, 6.07) is 1.12. The van der Waals surface area contributed by atoms with Crippen molar-refractivity contribution in [2.45, 2.75) is 63.9 Å². The molecule has 0 radical (unpaired) electrons. The van der Waals surface area contributed by atoms with Crippen LogP contribution in [0.3, 0.4) is 0 Å². The largest absolute Gasteiger partial charge is 0.508 e. The first kappa shape index (κ1) is 29.3. The average molecular weight is 519 g/mol. The normalized spacial score (nSPS) is 15.2. The summed E-state index contributed by atoms with van der Waals surface area (Å²) in [7, 11) is 0. The molecule has 37 heavy (non-hydrogen) atoms. The molecule has 1 aromatic carbocycles. The van der Waals surface area contributed by atoms with Gasteiger partial charge in [-0.15, -0.1) is 0 Å². The molecule has 5 unspecified atom stereocenters. The minimum Gasteiger partial charge on any atom is -0.508 e. The molecule has 202 valence electrons. The third-order valence-electron chi connectivity index (χ3n) is 5.69. The number of carbonyl (C=O) groups is 4. The molecule has 0 saturated heterocycles. The van der Waals surface area contributed by atoms with Crippen LogP contribution in [-0.4, -0.2) is 79.2 Å². The van der Waals surface area contributed by atoms with Gasteiger partial charge < -0.3 is 42.0 Å². The zero-order valence-corrected chi connectivity index (χ0v) is 20.8. The molecule has 5 atom stereocenters. The maximum absolute atomic E-state index is 13.4. The Morgan fingerprint density at radius 3 is 2.03 bits per heavy atom. The second-order valence-corrected chi connectivity index (χ2v) is 9.11. The van der Waals surface area contributed by atoms with Crippen molar-refractivity contribution in [1.29, 1.82) is 0 Å². The molecule has 0 spiro atoms. The highest BCUT2D eigenvalue weighted by Gasteiger charge is 2.32. The number of hydrogen-bond donors (Lipinski definition) is 8. The van der Waals surface area contributed by atoms with Crippen LogP contribution >= 0.6 is 0 Å². The maximum Gasteiger partial charge on any atom is 0.328 e. The van der Waals surface area contributed by atoms with E-state index in [1.165, 1.54) is 31.6 Å². The third-order valence-corrected chi connectivity index (χ3v) is 5.69. The van der Waals surface area contributed by atoms with Crippen LogP contribution in [-0.2, 0) is 32.0 Å². The van der Waals surface area contributed by atoms with Gasteiger partial charge in [0.05, 0.1) is 18.5 Å². The van der Waals surface area contributed by atoms with Crippen molar-refractivity contribution in [2.75, 3.05) is 0 Å². The van der Waals surface area contributed by atoms with Gasteiger partial charge in [-0.25, -0.2) is 9.78 Å². The van der Waals surface area contributed by atoms with E-state index in [0.29, 0.717) is 11.3 Å². The van der Waals surface area contributed by atoms with E-state index in [0.717, 1.165) is 0 Å². The van der Waals surface area contributed by atoms with Gasteiger partial charge in [0.2, 0.25) is 17.7 Å². The van der Waals surface area contributed by atoms with Crippen LogP contribution < -0.4 is 21.7 Å². The second-order valence-electron chi connectivity index (χ2n) is 9.11. The summed E-state index contributed by atoms with van der Waals surface area (Å²) in [6.45, 7) is 4.72. The van der Waals surface area contributed by atoms with Crippen LogP contribution in [0, 0.1) is 5.92 Å². The Balaban J connectivity index is 2.30. The van der Waals surface area contributed by atoms with Gasteiger partial charge >= 0.3 is 5.97 Å². The first-order valence-electron chi connectivity index (χ1n) is 11.7. The lowest BCUT2D eigenvalue weighted by Crippen LogP contribution is -2.59. The molecule has 0 bridgehead atoms. The van der Waals surface area contributed by atoms with Crippen LogP contribution in [0.25, 0.3) is 0 Å². The molecule has 0 aliphatic rings. The molecule has 3 amide bonds. The number of phenols is 1. The summed E-state index contributed by atoms with van der Waals surface area (Å²) in [6.07, 6.45) is 1.36. The Hall–Kier alpha value is -3.97. The summed E-state index contributed by atoms with van der Waals surface area (Å²) in [5.74, 6) is -3.77. The van der Waals surface area contributed by atoms with E-state index < -0.39 is 54.0 Å². The number of phenolic OH excluding ortho intramolecular Hbond substituents is 1. The quantitative estimate of drug-likeness (QED) is 0.159. The highest BCUT2D eigenvalue weighted by atomic mass is 16.4. The number of hydrogen-bond acceptors (Lipinski definition) is 8. The molecule has 0 aliphatic carbocycles. The van der Waals surface area contributed by atoms with Crippen LogP contribution in [0.15, 0.2) is 36.8 Å². The fourth-order valence-electron chi connectivity index (χ4n) is 3.39. The van der Waals surface area contributed by atoms with Crippen LogP contribution in [0.2, 0.25) is 0 Å². The summed E-state index contributed by atoms with van der Waals surface area (Å²) < 4.78 is 0. The Labute approximate surface area is 213 Å². The lowest BCUT2D eigenvalue weighted by atomic mass is 10.0. The zero-order valence-electron chi connectivity index (χ0n) is 20.8. The van der Waals surface area contributed by atoms with Crippen molar-refractivity contribution in [3.8, 4) is 5.75 Å². The number of carboxylic acid groups (broad SMARTS) is 1. The lowest BCUT2D eigenvalue weighted by Gasteiger charge is -2.26. The highest BCUT2D eigenvalue weighted by Crippen LogP contribution is 2.12. The molecule has 0 saturated carbocycles. The molecular formula is C24H34N6O7.